The van der Waals surface area contributed by atoms with E-state index >= 15 is 0 Å². The molecule has 2 heterocycles. The van der Waals surface area contributed by atoms with Gasteiger partial charge in [-0.2, -0.15) is 32.3 Å². The zero-order valence-electron chi connectivity index (χ0n) is 23.3. The Labute approximate surface area is 238 Å². The molecular formula is C27H32F5N4O6+. The van der Waals surface area contributed by atoms with Crippen LogP contribution in [-0.4, -0.2) is 78.6 Å². The monoisotopic (exact) mass is 603 g/mol. The summed E-state index contributed by atoms with van der Waals surface area (Å²) < 4.78 is 91.5. The van der Waals surface area contributed by atoms with Crippen LogP contribution in [0.1, 0.15) is 19.4 Å². The van der Waals surface area contributed by atoms with Crippen LogP contribution in [0.4, 0.5) is 22.0 Å². The molecule has 3 aromatic rings. The summed E-state index contributed by atoms with van der Waals surface area (Å²) in [5.74, 6) is -0.263. The van der Waals surface area contributed by atoms with Gasteiger partial charge in [0.1, 0.15) is 36.9 Å². The third kappa shape index (κ3) is 7.22. The van der Waals surface area contributed by atoms with Crippen molar-refractivity contribution in [3.05, 3.63) is 60.4 Å². The van der Waals surface area contributed by atoms with Crippen LogP contribution in [0.15, 0.2) is 54.9 Å². The smallest absolute Gasteiger partial charge is 0.426 e. The lowest BCUT2D eigenvalue weighted by atomic mass is 9.99. The maximum atomic E-state index is 13.1. The number of hydrogen-bond acceptors (Lipinski definition) is 8. The fourth-order valence-corrected chi connectivity index (χ4v) is 4.46. The zero-order chi connectivity index (χ0) is 30.5. The number of rotatable bonds is 12. The summed E-state index contributed by atoms with van der Waals surface area (Å²) in [4.78, 5) is 10.2. The number of hydroxylamine groups is 1. The minimum atomic E-state index is -5.83. The highest BCUT2D eigenvalue weighted by Crippen LogP contribution is 2.37. The molecule has 0 amide bonds. The first-order valence-electron chi connectivity index (χ1n) is 13.0. The standard InChI is InChI=1S/C27H31F5N4O6/c1-5-39-22-21(37-3)16(2)40-25(23(22)38-4)42-34-14-17-6-8-18(9-7-17)24-33-15-36(35-24)19-10-12-20(13-11-19)41-27(31,32)26(28,29)30/h6-13,15-16,21-23,25,34H,5,14H2,1-4H3/p+1/t16-,21-,22+,23+,25-/m0/s1. The lowest BCUT2D eigenvalue weighted by Crippen LogP contribution is -2.84. The SMILES string of the molecule is CCO[C@@H]1[C@@H](OC)[C@H](C)O[C@@H](O[NH2+]Cc2ccc(-c3ncn(-c4ccc(OC(F)(F)C(F)(F)F)cc4)n3)cc2)[C@@H]1OC. The predicted octanol–water partition coefficient (Wildman–Crippen LogP) is 3.64. The largest absolute Gasteiger partial charge is 0.499 e. The number of quaternary nitrogens is 1. The van der Waals surface area contributed by atoms with E-state index in [9.17, 15) is 22.0 Å². The molecule has 1 aliphatic rings. The summed E-state index contributed by atoms with van der Waals surface area (Å²) in [5.41, 5.74) is 3.67. The molecule has 1 saturated heterocycles. The van der Waals surface area contributed by atoms with E-state index in [1.54, 1.807) is 19.7 Å². The number of nitrogens with two attached hydrogens (primary N) is 1. The fraction of sp³-hybridized carbons (Fsp3) is 0.481. The first-order chi connectivity index (χ1) is 20.0. The van der Waals surface area contributed by atoms with Gasteiger partial charge in [0, 0.05) is 32.0 Å². The summed E-state index contributed by atoms with van der Waals surface area (Å²) in [6.07, 6.45) is -11.8. The summed E-state index contributed by atoms with van der Waals surface area (Å²) >= 11 is 0. The summed E-state index contributed by atoms with van der Waals surface area (Å²) in [6.45, 7) is 4.75. The molecule has 5 atom stereocenters. The molecule has 42 heavy (non-hydrogen) atoms. The molecular weight excluding hydrogens is 571 g/mol. The molecule has 0 bridgehead atoms. The zero-order valence-corrected chi connectivity index (χ0v) is 23.3. The minimum absolute atomic E-state index is 0.270. The molecule has 1 aromatic heterocycles. The second kappa shape index (κ2) is 13.4. The Bertz CT molecular complexity index is 1280. The van der Waals surface area contributed by atoms with Crippen molar-refractivity contribution in [3.63, 3.8) is 0 Å². The van der Waals surface area contributed by atoms with Crippen molar-refractivity contribution < 1.29 is 56.0 Å². The fourth-order valence-electron chi connectivity index (χ4n) is 4.46. The molecule has 230 valence electrons. The van der Waals surface area contributed by atoms with Gasteiger partial charge in [0.2, 0.25) is 6.29 Å². The Morgan fingerprint density at radius 1 is 0.929 bits per heavy atom. The molecule has 15 heteroatoms. The van der Waals surface area contributed by atoms with Crippen LogP contribution >= 0.6 is 0 Å². The molecule has 0 spiro atoms. The van der Waals surface area contributed by atoms with Crippen molar-refractivity contribution >= 4 is 0 Å². The van der Waals surface area contributed by atoms with Crippen LogP contribution < -0.4 is 10.2 Å². The van der Waals surface area contributed by atoms with Crippen molar-refractivity contribution in [2.45, 2.75) is 63.4 Å². The molecule has 0 aliphatic carbocycles. The van der Waals surface area contributed by atoms with Crippen molar-refractivity contribution in [3.8, 4) is 22.8 Å². The second-order valence-electron chi connectivity index (χ2n) is 9.36. The van der Waals surface area contributed by atoms with Gasteiger partial charge in [0.05, 0.1) is 11.8 Å². The van der Waals surface area contributed by atoms with E-state index in [0.717, 1.165) is 17.7 Å². The molecule has 0 saturated carbocycles. The summed E-state index contributed by atoms with van der Waals surface area (Å²) in [5, 5.41) is 4.36. The highest BCUT2D eigenvalue weighted by Gasteiger charge is 2.61. The van der Waals surface area contributed by atoms with Crippen LogP contribution in [-0.2, 0) is 30.3 Å². The molecule has 0 radical (unpaired) electrons. The van der Waals surface area contributed by atoms with Crippen molar-refractivity contribution in [2.24, 2.45) is 0 Å². The van der Waals surface area contributed by atoms with E-state index in [2.05, 4.69) is 14.8 Å². The Balaban J connectivity index is 1.33. The van der Waals surface area contributed by atoms with Crippen LogP contribution in [0.2, 0.25) is 0 Å². The lowest BCUT2D eigenvalue weighted by Gasteiger charge is -2.42. The third-order valence-corrected chi connectivity index (χ3v) is 6.56. The van der Waals surface area contributed by atoms with Gasteiger partial charge in [0.25, 0.3) is 0 Å². The van der Waals surface area contributed by atoms with Gasteiger partial charge in [-0.1, -0.05) is 24.3 Å². The summed E-state index contributed by atoms with van der Waals surface area (Å²) in [7, 11) is 3.17. The van der Waals surface area contributed by atoms with E-state index in [1.807, 2.05) is 38.1 Å². The first kappa shape index (κ1) is 31.7. The quantitative estimate of drug-likeness (QED) is 0.247. The number of ether oxygens (including phenoxy) is 5. The predicted molar refractivity (Wildman–Crippen MR) is 136 cm³/mol. The lowest BCUT2D eigenvalue weighted by molar-refractivity contribution is -0.926. The molecule has 10 nitrogen and oxygen atoms in total. The maximum absolute atomic E-state index is 13.1. The highest BCUT2D eigenvalue weighted by molar-refractivity contribution is 5.55. The number of methoxy groups -OCH3 is 2. The van der Waals surface area contributed by atoms with Crippen molar-refractivity contribution in [1.82, 2.24) is 14.8 Å². The third-order valence-electron chi connectivity index (χ3n) is 6.56. The van der Waals surface area contributed by atoms with E-state index in [0.29, 0.717) is 30.2 Å². The number of alkyl halides is 5. The number of halogens is 5. The van der Waals surface area contributed by atoms with Gasteiger partial charge in [-0.25, -0.2) is 9.67 Å². The number of benzene rings is 2. The molecule has 2 N–H and O–H groups in total. The van der Waals surface area contributed by atoms with E-state index in [-0.39, 0.29) is 18.3 Å². The van der Waals surface area contributed by atoms with Gasteiger partial charge in [-0.3, -0.25) is 0 Å². The Hall–Kier alpha value is -3.21. The Morgan fingerprint density at radius 2 is 1.60 bits per heavy atom. The Kier molecular flexibility index (Phi) is 10.1. The number of hydrogen-bond donors (Lipinski definition) is 1. The molecule has 1 fully saturated rings. The van der Waals surface area contributed by atoms with Crippen molar-refractivity contribution in [1.29, 1.82) is 0 Å². The van der Waals surface area contributed by atoms with Gasteiger partial charge < -0.3 is 23.7 Å². The maximum Gasteiger partial charge on any atom is 0.499 e. The van der Waals surface area contributed by atoms with Crippen molar-refractivity contribution in [2.75, 3.05) is 20.8 Å². The van der Waals surface area contributed by atoms with Crippen LogP contribution in [0.5, 0.6) is 5.75 Å². The topological polar surface area (TPSA) is 103 Å². The van der Waals surface area contributed by atoms with E-state index in [4.69, 9.17) is 23.8 Å². The number of aromatic nitrogens is 3. The van der Waals surface area contributed by atoms with Gasteiger partial charge >= 0.3 is 12.3 Å². The normalized spacial score (nSPS) is 23.2. The summed E-state index contributed by atoms with van der Waals surface area (Å²) in [6, 6.07) is 12.0. The molecule has 4 rings (SSSR count). The van der Waals surface area contributed by atoms with E-state index in [1.165, 1.54) is 23.1 Å². The molecule has 2 aromatic carbocycles. The average molecular weight is 604 g/mol. The van der Waals surface area contributed by atoms with Gasteiger partial charge in [-0.15, -0.1) is 5.10 Å². The van der Waals surface area contributed by atoms with Crippen LogP contribution in [0.3, 0.4) is 0 Å². The van der Waals surface area contributed by atoms with E-state index < -0.39 is 30.4 Å². The molecule has 0 unspecified atom stereocenters. The molecule has 1 aliphatic heterocycles. The van der Waals surface area contributed by atoms with Gasteiger partial charge in [-0.05, 0) is 38.1 Å². The highest BCUT2D eigenvalue weighted by atomic mass is 19.4. The second-order valence-corrected chi connectivity index (χ2v) is 9.36. The van der Waals surface area contributed by atoms with Crippen LogP contribution in [0, 0.1) is 0 Å². The Morgan fingerprint density at radius 3 is 2.19 bits per heavy atom. The first-order valence-corrected chi connectivity index (χ1v) is 13.0. The average Bonchev–Trinajstić information content (AvgIpc) is 3.44. The minimum Gasteiger partial charge on any atom is -0.426 e. The van der Waals surface area contributed by atoms with Gasteiger partial charge in [0.15, 0.2) is 5.82 Å². The van der Waals surface area contributed by atoms with Crippen LogP contribution in [0.25, 0.3) is 17.1 Å². The number of nitrogens with zero attached hydrogens (tertiary/aromatic N) is 3.